The number of aromatic nitrogens is 1. The van der Waals surface area contributed by atoms with E-state index in [9.17, 15) is 0 Å². The molecule has 0 radical (unpaired) electrons. The Kier molecular flexibility index (Phi) is 6.66. The van der Waals surface area contributed by atoms with E-state index in [4.69, 9.17) is 14.5 Å². The van der Waals surface area contributed by atoms with Crippen molar-refractivity contribution in [3.63, 3.8) is 0 Å². The number of benzene rings is 1. The number of hydrogen-bond donors (Lipinski definition) is 0. The van der Waals surface area contributed by atoms with Gasteiger partial charge in [-0.15, -0.1) is 6.58 Å². The Morgan fingerprint density at radius 1 is 1.06 bits per heavy atom. The molecule has 3 fully saturated rings. The normalized spacial score (nSPS) is 28.7. The fourth-order valence-corrected chi connectivity index (χ4v) is 7.64. The number of piperidine rings is 3. The van der Waals surface area contributed by atoms with Gasteiger partial charge >= 0.3 is 0 Å². The van der Waals surface area contributed by atoms with Gasteiger partial charge in [0, 0.05) is 18.1 Å². The molecule has 5 atom stereocenters. The summed E-state index contributed by atoms with van der Waals surface area (Å²) in [6.07, 6.45) is 6.46. The zero-order valence-electron chi connectivity index (χ0n) is 24.4. The third kappa shape index (κ3) is 4.00. The second-order valence-corrected chi connectivity index (χ2v) is 14.1. The highest BCUT2D eigenvalue weighted by Gasteiger charge is 2.70. The molecule has 1 aromatic carbocycles. The van der Waals surface area contributed by atoms with Crippen molar-refractivity contribution in [2.75, 3.05) is 20.2 Å². The summed E-state index contributed by atoms with van der Waals surface area (Å²) in [5.41, 5.74) is 0.655. The molecule has 0 spiro atoms. The first-order valence-electron chi connectivity index (χ1n) is 13.6. The van der Waals surface area contributed by atoms with E-state index in [2.05, 4.69) is 98.1 Å². The second-order valence-electron chi connectivity index (χ2n) is 14.1. The minimum Gasteiger partial charge on any atom is -0.497 e. The molecule has 1 aromatic heterocycles. The Labute approximate surface area is 219 Å². The van der Waals surface area contributed by atoms with Gasteiger partial charge in [0.05, 0.1) is 23.8 Å². The predicted octanol–water partition coefficient (Wildman–Crippen LogP) is 7.61. The van der Waals surface area contributed by atoms with Gasteiger partial charge in [-0.3, -0.25) is 9.88 Å². The lowest BCUT2D eigenvalue weighted by molar-refractivity contribution is -0.305. The Bertz CT molecular complexity index is 1120. The molecule has 36 heavy (non-hydrogen) atoms. The summed E-state index contributed by atoms with van der Waals surface area (Å²) < 4.78 is 13.3. The van der Waals surface area contributed by atoms with Crippen molar-refractivity contribution in [2.24, 2.45) is 22.7 Å². The van der Waals surface area contributed by atoms with Gasteiger partial charge in [0.15, 0.2) is 0 Å². The van der Waals surface area contributed by atoms with E-state index in [0.29, 0.717) is 11.8 Å². The summed E-state index contributed by atoms with van der Waals surface area (Å²) >= 11 is 0. The number of fused-ring (bicyclic) bond motifs is 4. The van der Waals surface area contributed by atoms with Gasteiger partial charge in [-0.05, 0) is 92.7 Å². The Hall–Kier alpha value is -1.91. The fourth-order valence-electron chi connectivity index (χ4n) is 7.64. The lowest BCUT2D eigenvalue weighted by Crippen LogP contribution is -2.78. The molecule has 1 unspecified atom stereocenters. The molecule has 0 amide bonds. The van der Waals surface area contributed by atoms with Crippen molar-refractivity contribution in [3.05, 3.63) is 48.7 Å². The first-order chi connectivity index (χ1) is 16.6. The molecule has 2 bridgehead atoms. The second kappa shape index (κ2) is 8.84. The third-order valence-electron chi connectivity index (χ3n) is 8.87. The zero-order chi connectivity index (χ0) is 26.7. The highest BCUT2D eigenvalue weighted by Crippen LogP contribution is 2.66. The van der Waals surface area contributed by atoms with Crippen LogP contribution in [0.15, 0.2) is 43.1 Å². The Balaban J connectivity index is 2.17. The van der Waals surface area contributed by atoms with E-state index >= 15 is 0 Å². The quantitative estimate of drug-likeness (QED) is 0.402. The number of rotatable bonds is 5. The molecule has 3 saturated heterocycles. The molecule has 0 aliphatic carbocycles. The zero-order valence-corrected chi connectivity index (χ0v) is 24.4. The summed E-state index contributed by atoms with van der Waals surface area (Å²) in [7, 11) is 1.73. The summed E-state index contributed by atoms with van der Waals surface area (Å²) in [6, 6.07) is 8.46. The molecular weight excluding hydrogens is 444 g/mol. The van der Waals surface area contributed by atoms with Gasteiger partial charge in [0.25, 0.3) is 0 Å². The average Bonchev–Trinajstić information content (AvgIpc) is 2.79. The van der Waals surface area contributed by atoms with Crippen molar-refractivity contribution in [3.8, 4) is 5.75 Å². The predicted molar refractivity (Wildman–Crippen MR) is 150 cm³/mol. The molecule has 2 aromatic rings. The van der Waals surface area contributed by atoms with E-state index in [1.165, 1.54) is 12.0 Å². The van der Waals surface area contributed by atoms with Crippen LogP contribution in [0, 0.1) is 22.7 Å². The van der Waals surface area contributed by atoms with E-state index in [1.54, 1.807) is 7.11 Å². The van der Waals surface area contributed by atoms with Crippen molar-refractivity contribution in [1.82, 2.24) is 9.88 Å². The Morgan fingerprint density at radius 3 is 2.25 bits per heavy atom. The topological polar surface area (TPSA) is 34.6 Å². The first kappa shape index (κ1) is 27.1. The lowest BCUT2D eigenvalue weighted by atomic mass is 9.47. The molecule has 5 rings (SSSR count). The van der Waals surface area contributed by atoms with Crippen LogP contribution in [0.5, 0.6) is 5.75 Å². The largest absolute Gasteiger partial charge is 0.497 e. The van der Waals surface area contributed by atoms with Crippen LogP contribution in [0.4, 0.5) is 0 Å². The van der Waals surface area contributed by atoms with Gasteiger partial charge in [-0.25, -0.2) is 0 Å². The molecule has 4 heterocycles. The van der Waals surface area contributed by atoms with E-state index in [-0.39, 0.29) is 22.0 Å². The molecule has 0 N–H and O–H groups in total. The number of ether oxygens (including phenoxy) is 2. The van der Waals surface area contributed by atoms with Crippen LogP contribution in [-0.2, 0) is 10.3 Å². The summed E-state index contributed by atoms with van der Waals surface area (Å²) in [4.78, 5) is 7.56. The monoisotopic (exact) mass is 492 g/mol. The van der Waals surface area contributed by atoms with Gasteiger partial charge in [-0.2, -0.15) is 0 Å². The highest BCUT2D eigenvalue weighted by molar-refractivity contribution is 5.85. The lowest BCUT2D eigenvalue weighted by Gasteiger charge is -2.72. The van der Waals surface area contributed by atoms with Crippen molar-refractivity contribution < 1.29 is 9.47 Å². The third-order valence-corrected chi connectivity index (χ3v) is 8.87. The van der Waals surface area contributed by atoms with Crippen LogP contribution in [0.1, 0.15) is 80.7 Å². The molecule has 198 valence electrons. The highest BCUT2D eigenvalue weighted by atomic mass is 16.5. The van der Waals surface area contributed by atoms with E-state index in [1.807, 2.05) is 12.3 Å². The van der Waals surface area contributed by atoms with Crippen molar-refractivity contribution in [2.45, 2.75) is 91.9 Å². The number of methoxy groups -OCH3 is 1. The number of nitrogens with zero attached hydrogens (tertiary/aromatic N) is 2. The van der Waals surface area contributed by atoms with E-state index < -0.39 is 5.60 Å². The smallest absolute Gasteiger partial charge is 0.119 e. The molecular formula is C32H48N2O2. The van der Waals surface area contributed by atoms with E-state index in [0.717, 1.165) is 36.2 Å². The van der Waals surface area contributed by atoms with Crippen LogP contribution in [0.3, 0.4) is 0 Å². The molecule has 3 aliphatic heterocycles. The van der Waals surface area contributed by atoms with Crippen LogP contribution in [0.2, 0.25) is 0 Å². The SMILES string of the molecule is C=C[C@H]1CN2CC[C@H]1C[C@@]2(C(C)(C)C)[C@](OC(C)(C)C)(c1ccnc2ccc(OC)cc12)C(C)(C)C. The average molecular weight is 493 g/mol. The van der Waals surface area contributed by atoms with Crippen LogP contribution < -0.4 is 4.74 Å². The maximum atomic E-state index is 7.61. The number of pyridine rings is 1. The maximum Gasteiger partial charge on any atom is 0.119 e. The molecule has 0 saturated carbocycles. The summed E-state index contributed by atoms with van der Waals surface area (Å²) in [5, 5.41) is 1.11. The standard InChI is InChI=1S/C32H48N2O2/c1-12-22-21-34-18-16-23(22)20-31(34,28(2,3)4)32(29(5,6)7,36-30(8,9)10)26-15-17-33-27-14-13-24(35-11)19-25(26)27/h12-15,17,19,22-23H,1,16,18,20-21H2,2-11H3/t22-,23-,31+,32-/m0/s1. The van der Waals surface area contributed by atoms with Crippen molar-refractivity contribution in [1.29, 1.82) is 0 Å². The summed E-state index contributed by atoms with van der Waals surface area (Å²) in [5.74, 6) is 1.97. The minimum absolute atomic E-state index is 0.0647. The van der Waals surface area contributed by atoms with Crippen molar-refractivity contribution >= 4 is 10.9 Å². The minimum atomic E-state index is -0.630. The van der Waals surface area contributed by atoms with Gasteiger partial charge in [-0.1, -0.05) is 47.6 Å². The molecule has 4 nitrogen and oxygen atoms in total. The van der Waals surface area contributed by atoms with Crippen LogP contribution in [-0.4, -0.2) is 41.2 Å². The fraction of sp³-hybridized carbons (Fsp3) is 0.656. The first-order valence-corrected chi connectivity index (χ1v) is 13.6. The summed E-state index contributed by atoms with van der Waals surface area (Å²) in [6.45, 7) is 27.3. The van der Waals surface area contributed by atoms with Crippen LogP contribution in [0.25, 0.3) is 10.9 Å². The van der Waals surface area contributed by atoms with Gasteiger partial charge in [0.2, 0.25) is 0 Å². The van der Waals surface area contributed by atoms with Crippen LogP contribution >= 0.6 is 0 Å². The maximum absolute atomic E-state index is 7.61. The molecule has 4 heteroatoms. The Morgan fingerprint density at radius 2 is 1.75 bits per heavy atom. The number of hydrogen-bond acceptors (Lipinski definition) is 4. The van der Waals surface area contributed by atoms with Gasteiger partial charge in [0.1, 0.15) is 11.4 Å². The molecule has 3 aliphatic rings. The van der Waals surface area contributed by atoms with Gasteiger partial charge < -0.3 is 9.47 Å².